The molecule has 1 amide bonds. The minimum Gasteiger partial charge on any atom is -0.471 e. The van der Waals surface area contributed by atoms with Crippen molar-refractivity contribution in [2.75, 3.05) is 13.1 Å². The number of carbonyl (C=O) groups excluding carboxylic acids is 1. The van der Waals surface area contributed by atoms with Crippen molar-refractivity contribution < 1.29 is 9.53 Å². The summed E-state index contributed by atoms with van der Waals surface area (Å²) in [6, 6.07) is 3.65. The molecule has 0 N–H and O–H groups in total. The summed E-state index contributed by atoms with van der Waals surface area (Å²) in [5, 5.41) is 7.97. The fourth-order valence-electron chi connectivity index (χ4n) is 2.41. The van der Waals surface area contributed by atoms with E-state index in [0.29, 0.717) is 24.7 Å². The van der Waals surface area contributed by atoms with Gasteiger partial charge in [-0.25, -0.2) is 4.98 Å². The van der Waals surface area contributed by atoms with Crippen LogP contribution in [0.3, 0.4) is 0 Å². The highest BCUT2D eigenvalue weighted by Gasteiger charge is 2.26. The Kier molecular flexibility index (Phi) is 4.22. The molecule has 1 atom stereocenters. The molecule has 0 aliphatic carbocycles. The van der Waals surface area contributed by atoms with E-state index in [0.717, 1.165) is 18.5 Å². The molecule has 1 aliphatic heterocycles. The van der Waals surface area contributed by atoms with Gasteiger partial charge in [0.25, 0.3) is 5.91 Å². The lowest BCUT2D eigenvalue weighted by Gasteiger charge is -2.32. The summed E-state index contributed by atoms with van der Waals surface area (Å²) >= 11 is 0. The lowest BCUT2D eigenvalue weighted by Crippen LogP contribution is -2.44. The minimum atomic E-state index is -0.114. The van der Waals surface area contributed by atoms with Crippen LogP contribution in [0.1, 0.15) is 29.0 Å². The Morgan fingerprint density at radius 1 is 1.32 bits per heavy atom. The van der Waals surface area contributed by atoms with Gasteiger partial charge >= 0.3 is 0 Å². The van der Waals surface area contributed by atoms with Gasteiger partial charge in [0, 0.05) is 25.0 Å². The predicted octanol–water partition coefficient (Wildman–Crippen LogP) is 1.26. The molecule has 0 bridgehead atoms. The smallest absolute Gasteiger partial charge is 0.274 e. The van der Waals surface area contributed by atoms with Crippen LogP contribution >= 0.6 is 0 Å². The van der Waals surface area contributed by atoms with Crippen molar-refractivity contribution in [1.29, 1.82) is 0 Å². The second kappa shape index (κ2) is 6.46. The third kappa shape index (κ3) is 3.36. The average Bonchev–Trinajstić information content (AvgIpc) is 2.57. The molecule has 0 saturated carbocycles. The molecular formula is C15H17N5O2. The first kappa shape index (κ1) is 14.4. The van der Waals surface area contributed by atoms with Crippen molar-refractivity contribution in [3.63, 3.8) is 0 Å². The Morgan fingerprint density at radius 2 is 2.23 bits per heavy atom. The van der Waals surface area contributed by atoms with Crippen LogP contribution in [0.2, 0.25) is 0 Å². The molecule has 1 aliphatic rings. The first-order valence-electron chi connectivity index (χ1n) is 7.24. The standard InChI is InChI=1S/C15H17N5O2/c1-11-4-5-14(19-18-11)22-12-3-2-8-20(10-12)15(21)13-9-16-6-7-17-13/h4-7,9,12H,2-3,8,10H2,1H3. The molecule has 22 heavy (non-hydrogen) atoms. The molecule has 1 saturated heterocycles. The van der Waals surface area contributed by atoms with Crippen molar-refractivity contribution >= 4 is 5.91 Å². The van der Waals surface area contributed by atoms with Gasteiger partial charge in [0.05, 0.1) is 18.4 Å². The van der Waals surface area contributed by atoms with Gasteiger partial charge in [0.2, 0.25) is 5.88 Å². The Labute approximate surface area is 128 Å². The summed E-state index contributed by atoms with van der Waals surface area (Å²) in [5.41, 5.74) is 1.20. The molecule has 114 valence electrons. The second-order valence-electron chi connectivity index (χ2n) is 5.24. The minimum absolute atomic E-state index is 0.0774. The predicted molar refractivity (Wildman–Crippen MR) is 78.4 cm³/mol. The van der Waals surface area contributed by atoms with Crippen molar-refractivity contribution in [3.8, 4) is 5.88 Å². The first-order chi connectivity index (χ1) is 10.7. The van der Waals surface area contributed by atoms with Gasteiger partial charge in [0.1, 0.15) is 11.8 Å². The summed E-state index contributed by atoms with van der Waals surface area (Å²) < 4.78 is 5.82. The highest BCUT2D eigenvalue weighted by atomic mass is 16.5. The van der Waals surface area contributed by atoms with Gasteiger partial charge < -0.3 is 9.64 Å². The maximum absolute atomic E-state index is 12.4. The molecule has 1 unspecified atom stereocenters. The summed E-state index contributed by atoms with van der Waals surface area (Å²) in [7, 11) is 0. The van der Waals surface area contributed by atoms with Crippen LogP contribution in [-0.2, 0) is 0 Å². The zero-order valence-electron chi connectivity index (χ0n) is 12.3. The van der Waals surface area contributed by atoms with E-state index >= 15 is 0 Å². The quantitative estimate of drug-likeness (QED) is 0.848. The van der Waals surface area contributed by atoms with Crippen molar-refractivity contribution in [1.82, 2.24) is 25.1 Å². The van der Waals surface area contributed by atoms with Gasteiger partial charge in [-0.05, 0) is 25.8 Å². The molecule has 0 radical (unpaired) electrons. The second-order valence-corrected chi connectivity index (χ2v) is 5.24. The fraction of sp³-hybridized carbons (Fsp3) is 0.400. The molecule has 0 aromatic carbocycles. The lowest BCUT2D eigenvalue weighted by molar-refractivity contribution is 0.0520. The van der Waals surface area contributed by atoms with Gasteiger partial charge in [0.15, 0.2) is 0 Å². The zero-order chi connectivity index (χ0) is 15.4. The maximum Gasteiger partial charge on any atom is 0.274 e. The van der Waals surface area contributed by atoms with Crippen LogP contribution in [0.5, 0.6) is 5.88 Å². The van der Waals surface area contributed by atoms with Crippen LogP contribution < -0.4 is 4.74 Å². The number of hydrogen-bond acceptors (Lipinski definition) is 6. The number of ether oxygens (including phenoxy) is 1. The van der Waals surface area contributed by atoms with Crippen molar-refractivity contribution in [2.45, 2.75) is 25.9 Å². The molecule has 2 aromatic rings. The SMILES string of the molecule is Cc1ccc(OC2CCCN(C(=O)c3cnccn3)C2)nn1. The van der Waals surface area contributed by atoms with Gasteiger partial charge in [-0.3, -0.25) is 9.78 Å². The Bertz CT molecular complexity index is 632. The number of likely N-dealkylation sites (tertiary alicyclic amines) is 1. The molecule has 7 nitrogen and oxygen atoms in total. The summed E-state index contributed by atoms with van der Waals surface area (Å²) in [6.07, 6.45) is 6.25. The van der Waals surface area contributed by atoms with Gasteiger partial charge in [-0.1, -0.05) is 0 Å². The molecule has 7 heteroatoms. The van der Waals surface area contributed by atoms with E-state index in [-0.39, 0.29) is 12.0 Å². The fourth-order valence-corrected chi connectivity index (χ4v) is 2.41. The van der Waals surface area contributed by atoms with E-state index in [1.54, 1.807) is 17.2 Å². The summed E-state index contributed by atoms with van der Waals surface area (Å²) in [6.45, 7) is 3.10. The topological polar surface area (TPSA) is 81.1 Å². The van der Waals surface area contributed by atoms with Crippen molar-refractivity contribution in [3.05, 3.63) is 42.1 Å². The molecule has 3 heterocycles. The van der Waals surface area contributed by atoms with Crippen LogP contribution in [-0.4, -0.2) is 50.2 Å². The molecule has 2 aromatic heterocycles. The number of aromatic nitrogens is 4. The third-order valence-corrected chi connectivity index (χ3v) is 3.51. The number of piperidine rings is 1. The largest absolute Gasteiger partial charge is 0.471 e. The van der Waals surface area contributed by atoms with E-state index in [1.807, 2.05) is 13.0 Å². The van der Waals surface area contributed by atoms with Crippen LogP contribution in [0, 0.1) is 6.92 Å². The molecule has 1 fully saturated rings. The maximum atomic E-state index is 12.4. The summed E-state index contributed by atoms with van der Waals surface area (Å²) in [4.78, 5) is 22.1. The van der Waals surface area contributed by atoms with Crippen molar-refractivity contribution in [2.24, 2.45) is 0 Å². The number of nitrogens with zero attached hydrogens (tertiary/aromatic N) is 5. The van der Waals surface area contributed by atoms with Crippen LogP contribution in [0.15, 0.2) is 30.7 Å². The number of carbonyl (C=O) groups is 1. The van der Waals surface area contributed by atoms with Crippen LogP contribution in [0.4, 0.5) is 0 Å². The third-order valence-electron chi connectivity index (χ3n) is 3.51. The Hall–Kier alpha value is -2.57. The number of rotatable bonds is 3. The first-order valence-corrected chi connectivity index (χ1v) is 7.24. The van der Waals surface area contributed by atoms with Crippen LogP contribution in [0.25, 0.3) is 0 Å². The summed E-state index contributed by atoms with van der Waals surface area (Å²) in [5.74, 6) is 0.376. The normalized spacial score (nSPS) is 18.0. The number of aryl methyl sites for hydroxylation is 1. The van der Waals surface area contributed by atoms with E-state index in [9.17, 15) is 4.79 Å². The van der Waals surface area contributed by atoms with E-state index < -0.39 is 0 Å². The number of amides is 1. The molecule has 3 rings (SSSR count). The lowest BCUT2D eigenvalue weighted by atomic mass is 10.1. The number of hydrogen-bond donors (Lipinski definition) is 0. The Balaban J connectivity index is 1.64. The molecular weight excluding hydrogens is 282 g/mol. The monoisotopic (exact) mass is 299 g/mol. The average molecular weight is 299 g/mol. The van der Waals surface area contributed by atoms with Gasteiger partial charge in [-0.2, -0.15) is 5.10 Å². The highest BCUT2D eigenvalue weighted by molar-refractivity contribution is 5.92. The van der Waals surface area contributed by atoms with Gasteiger partial charge in [-0.15, -0.1) is 5.10 Å². The Morgan fingerprint density at radius 3 is 2.95 bits per heavy atom. The zero-order valence-corrected chi connectivity index (χ0v) is 12.3. The van der Waals surface area contributed by atoms with E-state index in [2.05, 4.69) is 20.2 Å². The van der Waals surface area contributed by atoms with E-state index in [4.69, 9.17) is 4.74 Å². The van der Waals surface area contributed by atoms with E-state index in [1.165, 1.54) is 12.4 Å². The molecule has 0 spiro atoms. The highest BCUT2D eigenvalue weighted by Crippen LogP contribution is 2.17.